The first-order valence-electron chi connectivity index (χ1n) is 7.39. The number of piperidine rings is 1. The molecule has 0 spiro atoms. The Balaban J connectivity index is 2.12. The van der Waals surface area contributed by atoms with Crippen molar-refractivity contribution in [1.82, 2.24) is 4.90 Å². The lowest BCUT2D eigenvalue weighted by atomic mass is 9.99. The Kier molecular flexibility index (Phi) is 5.11. The first-order chi connectivity index (χ1) is 10.4. The van der Waals surface area contributed by atoms with Gasteiger partial charge in [-0.3, -0.25) is 9.59 Å². The van der Waals surface area contributed by atoms with E-state index in [1.807, 2.05) is 0 Å². The fraction of sp³-hybridized carbons (Fsp3) is 0.500. The van der Waals surface area contributed by atoms with Crippen molar-refractivity contribution in [2.45, 2.75) is 26.7 Å². The van der Waals surface area contributed by atoms with Crippen LogP contribution in [0.25, 0.3) is 0 Å². The van der Waals surface area contributed by atoms with E-state index in [1.54, 1.807) is 4.90 Å². The first kappa shape index (κ1) is 16.4. The second-order valence-electron chi connectivity index (χ2n) is 5.76. The molecule has 0 unspecified atom stereocenters. The number of anilines is 1. The molecule has 0 aliphatic carbocycles. The summed E-state index contributed by atoms with van der Waals surface area (Å²) in [6, 6.07) is 2.96. The summed E-state index contributed by atoms with van der Waals surface area (Å²) in [4.78, 5) is 26.8. The van der Waals surface area contributed by atoms with E-state index in [0.717, 1.165) is 23.8 Å². The number of benzene rings is 1. The molecule has 2 rings (SSSR count). The van der Waals surface area contributed by atoms with Crippen LogP contribution in [0, 0.1) is 17.6 Å². The summed E-state index contributed by atoms with van der Waals surface area (Å²) in [6.07, 6.45) is 1.85. The highest BCUT2D eigenvalue weighted by atomic mass is 19.1. The molecule has 1 aliphatic heterocycles. The first-order valence-corrected chi connectivity index (χ1v) is 7.39. The third kappa shape index (κ3) is 3.81. The topological polar surface area (TPSA) is 40.6 Å². The molecule has 0 radical (unpaired) electrons. The quantitative estimate of drug-likeness (QED) is 0.861. The SMILES string of the molecule is CC(=O)N(CC(=O)N1CCC(C)CC1)c1ccc(F)cc1F. The van der Waals surface area contributed by atoms with Gasteiger partial charge in [0.25, 0.3) is 0 Å². The lowest BCUT2D eigenvalue weighted by Gasteiger charge is -2.32. The molecule has 1 heterocycles. The van der Waals surface area contributed by atoms with Gasteiger partial charge < -0.3 is 9.80 Å². The largest absolute Gasteiger partial charge is 0.341 e. The van der Waals surface area contributed by atoms with Gasteiger partial charge in [-0.15, -0.1) is 0 Å². The van der Waals surface area contributed by atoms with E-state index in [0.29, 0.717) is 25.1 Å². The maximum absolute atomic E-state index is 13.8. The molecule has 0 atom stereocenters. The number of nitrogens with zero attached hydrogens (tertiary/aromatic N) is 2. The Bertz CT molecular complexity index is 569. The molecular formula is C16H20F2N2O2. The molecule has 120 valence electrons. The van der Waals surface area contributed by atoms with E-state index in [2.05, 4.69) is 6.92 Å². The molecule has 0 N–H and O–H groups in total. The van der Waals surface area contributed by atoms with Gasteiger partial charge in [0.2, 0.25) is 11.8 Å². The van der Waals surface area contributed by atoms with Gasteiger partial charge in [-0.1, -0.05) is 6.92 Å². The van der Waals surface area contributed by atoms with Crippen LogP contribution in [0.5, 0.6) is 0 Å². The molecule has 2 amide bonds. The lowest BCUT2D eigenvalue weighted by molar-refractivity contribution is -0.132. The molecule has 0 saturated carbocycles. The van der Waals surface area contributed by atoms with Gasteiger partial charge in [0, 0.05) is 26.1 Å². The van der Waals surface area contributed by atoms with Crippen LogP contribution in [0.1, 0.15) is 26.7 Å². The van der Waals surface area contributed by atoms with Crippen molar-refractivity contribution in [3.63, 3.8) is 0 Å². The molecule has 4 nitrogen and oxygen atoms in total. The molecule has 1 saturated heterocycles. The van der Waals surface area contributed by atoms with Crippen molar-refractivity contribution in [2.75, 3.05) is 24.5 Å². The van der Waals surface area contributed by atoms with E-state index in [1.165, 1.54) is 13.0 Å². The number of hydrogen-bond acceptors (Lipinski definition) is 2. The zero-order chi connectivity index (χ0) is 16.3. The maximum atomic E-state index is 13.8. The van der Waals surface area contributed by atoms with Gasteiger partial charge in [0.1, 0.15) is 18.2 Å². The minimum atomic E-state index is -0.852. The van der Waals surface area contributed by atoms with E-state index < -0.39 is 17.5 Å². The van der Waals surface area contributed by atoms with Gasteiger partial charge >= 0.3 is 0 Å². The standard InChI is InChI=1S/C16H20F2N2O2/c1-11-5-7-19(8-6-11)16(22)10-20(12(2)21)15-4-3-13(17)9-14(15)18/h3-4,9,11H,5-8,10H2,1-2H3. The molecule has 1 aromatic carbocycles. The van der Waals surface area contributed by atoms with Crippen LogP contribution in [-0.4, -0.2) is 36.3 Å². The molecular weight excluding hydrogens is 290 g/mol. The van der Waals surface area contributed by atoms with Crippen molar-refractivity contribution >= 4 is 17.5 Å². The number of rotatable bonds is 3. The average molecular weight is 310 g/mol. The van der Waals surface area contributed by atoms with Crippen molar-refractivity contribution in [1.29, 1.82) is 0 Å². The second kappa shape index (κ2) is 6.85. The number of amides is 2. The van der Waals surface area contributed by atoms with Crippen LogP contribution in [0.3, 0.4) is 0 Å². The average Bonchev–Trinajstić information content (AvgIpc) is 2.45. The smallest absolute Gasteiger partial charge is 0.242 e. The van der Waals surface area contributed by atoms with Crippen molar-refractivity contribution in [3.8, 4) is 0 Å². The number of carbonyl (C=O) groups excluding carboxylic acids is 2. The summed E-state index contributed by atoms with van der Waals surface area (Å²) < 4.78 is 26.8. The second-order valence-corrected chi connectivity index (χ2v) is 5.76. The number of halogens is 2. The van der Waals surface area contributed by atoms with E-state index >= 15 is 0 Å². The summed E-state index contributed by atoms with van der Waals surface area (Å²) in [6.45, 7) is 4.47. The molecule has 1 aromatic rings. The number of hydrogen-bond donors (Lipinski definition) is 0. The van der Waals surface area contributed by atoms with Gasteiger partial charge in [-0.25, -0.2) is 8.78 Å². The molecule has 0 bridgehead atoms. The van der Waals surface area contributed by atoms with Crippen LogP contribution < -0.4 is 4.90 Å². The summed E-state index contributed by atoms with van der Waals surface area (Å²) in [5, 5.41) is 0. The molecule has 1 fully saturated rings. The van der Waals surface area contributed by atoms with Gasteiger partial charge in [0.05, 0.1) is 5.69 Å². The Labute approximate surface area is 128 Å². The Morgan fingerprint density at radius 3 is 2.45 bits per heavy atom. The monoisotopic (exact) mass is 310 g/mol. The highest BCUT2D eigenvalue weighted by Crippen LogP contribution is 2.21. The van der Waals surface area contributed by atoms with Gasteiger partial charge in [-0.2, -0.15) is 0 Å². The maximum Gasteiger partial charge on any atom is 0.242 e. The summed E-state index contributed by atoms with van der Waals surface area (Å²) in [5.41, 5.74) is -0.0763. The summed E-state index contributed by atoms with van der Waals surface area (Å²) in [5.74, 6) is -1.66. The van der Waals surface area contributed by atoms with Crippen molar-refractivity contribution < 1.29 is 18.4 Å². The summed E-state index contributed by atoms with van der Waals surface area (Å²) >= 11 is 0. The lowest BCUT2D eigenvalue weighted by Crippen LogP contribution is -2.45. The van der Waals surface area contributed by atoms with Crippen molar-refractivity contribution in [2.24, 2.45) is 5.92 Å². The number of carbonyl (C=O) groups is 2. The molecule has 22 heavy (non-hydrogen) atoms. The third-order valence-electron chi connectivity index (χ3n) is 4.01. The fourth-order valence-corrected chi connectivity index (χ4v) is 2.56. The fourth-order valence-electron chi connectivity index (χ4n) is 2.56. The third-order valence-corrected chi connectivity index (χ3v) is 4.01. The van der Waals surface area contributed by atoms with E-state index in [-0.39, 0.29) is 18.1 Å². The van der Waals surface area contributed by atoms with Crippen LogP contribution in [-0.2, 0) is 9.59 Å². The van der Waals surface area contributed by atoms with Crippen LogP contribution in [0.4, 0.5) is 14.5 Å². The summed E-state index contributed by atoms with van der Waals surface area (Å²) in [7, 11) is 0. The van der Waals surface area contributed by atoms with E-state index in [9.17, 15) is 18.4 Å². The predicted molar refractivity (Wildman–Crippen MR) is 79.4 cm³/mol. The normalized spacial score (nSPS) is 15.7. The Morgan fingerprint density at radius 2 is 1.91 bits per heavy atom. The highest BCUT2D eigenvalue weighted by molar-refractivity contribution is 5.97. The highest BCUT2D eigenvalue weighted by Gasteiger charge is 2.25. The molecule has 6 heteroatoms. The number of likely N-dealkylation sites (tertiary alicyclic amines) is 1. The van der Waals surface area contributed by atoms with Gasteiger partial charge in [-0.05, 0) is 30.9 Å². The predicted octanol–water partition coefficient (Wildman–Crippen LogP) is 2.58. The molecule has 1 aliphatic rings. The Morgan fingerprint density at radius 1 is 1.27 bits per heavy atom. The Hall–Kier alpha value is -1.98. The minimum absolute atomic E-state index is 0.0763. The minimum Gasteiger partial charge on any atom is -0.341 e. The van der Waals surface area contributed by atoms with Crippen LogP contribution in [0.15, 0.2) is 18.2 Å². The van der Waals surface area contributed by atoms with E-state index in [4.69, 9.17) is 0 Å². The van der Waals surface area contributed by atoms with Crippen LogP contribution in [0.2, 0.25) is 0 Å². The van der Waals surface area contributed by atoms with Crippen molar-refractivity contribution in [3.05, 3.63) is 29.8 Å². The molecule has 0 aromatic heterocycles. The van der Waals surface area contributed by atoms with Gasteiger partial charge in [0.15, 0.2) is 0 Å². The zero-order valence-corrected chi connectivity index (χ0v) is 12.8. The van der Waals surface area contributed by atoms with Crippen LogP contribution >= 0.6 is 0 Å². The zero-order valence-electron chi connectivity index (χ0n) is 12.8.